The highest BCUT2D eigenvalue weighted by molar-refractivity contribution is 9.10. The van der Waals surface area contributed by atoms with Gasteiger partial charge in [0.25, 0.3) is 10.0 Å². The van der Waals surface area contributed by atoms with Gasteiger partial charge in [0, 0.05) is 14.6 Å². The van der Waals surface area contributed by atoms with Crippen molar-refractivity contribution in [2.75, 3.05) is 10.5 Å². The van der Waals surface area contributed by atoms with E-state index in [2.05, 4.69) is 41.6 Å². The van der Waals surface area contributed by atoms with Crippen molar-refractivity contribution in [2.24, 2.45) is 0 Å². The molecule has 20 heavy (non-hydrogen) atoms. The van der Waals surface area contributed by atoms with Crippen LogP contribution in [0.2, 0.25) is 0 Å². The number of nitrogens with zero attached hydrogens (tertiary/aromatic N) is 1. The molecule has 0 spiro atoms. The van der Waals surface area contributed by atoms with E-state index in [1.165, 1.54) is 18.2 Å². The van der Waals surface area contributed by atoms with E-state index >= 15 is 0 Å². The Morgan fingerprint density at radius 2 is 1.85 bits per heavy atom. The maximum absolute atomic E-state index is 12.3. The van der Waals surface area contributed by atoms with E-state index in [9.17, 15) is 8.42 Å². The topological polar surface area (TPSA) is 85.1 Å². The first kappa shape index (κ1) is 15.3. The molecule has 0 unspecified atom stereocenters. The van der Waals surface area contributed by atoms with Gasteiger partial charge in [-0.1, -0.05) is 0 Å². The molecule has 1 heterocycles. The summed E-state index contributed by atoms with van der Waals surface area (Å²) in [6.07, 6.45) is 0. The molecule has 1 aromatic carbocycles. The summed E-state index contributed by atoms with van der Waals surface area (Å²) < 4.78 is 28.2. The average Bonchev–Trinajstić information content (AvgIpc) is 2.33. The number of nitrogen functional groups attached to an aromatic ring is 1. The van der Waals surface area contributed by atoms with Gasteiger partial charge >= 0.3 is 0 Å². The lowest BCUT2D eigenvalue weighted by Gasteiger charge is -2.10. The van der Waals surface area contributed by atoms with E-state index in [4.69, 9.17) is 5.73 Å². The minimum absolute atomic E-state index is 0.106. The van der Waals surface area contributed by atoms with Crippen LogP contribution in [-0.2, 0) is 10.0 Å². The summed E-state index contributed by atoms with van der Waals surface area (Å²) in [6.45, 7) is 1.78. The Morgan fingerprint density at radius 3 is 2.45 bits per heavy atom. The molecule has 8 heteroatoms. The van der Waals surface area contributed by atoms with E-state index in [1.807, 2.05) is 0 Å². The Bertz CT molecular complexity index is 763. The van der Waals surface area contributed by atoms with Crippen molar-refractivity contribution >= 4 is 53.4 Å². The molecule has 0 aliphatic rings. The lowest BCUT2D eigenvalue weighted by Crippen LogP contribution is -2.15. The third-order valence-electron chi connectivity index (χ3n) is 2.51. The molecule has 2 aromatic rings. The first-order valence-electron chi connectivity index (χ1n) is 5.50. The number of halogens is 2. The molecule has 0 aliphatic carbocycles. The highest BCUT2D eigenvalue weighted by Crippen LogP contribution is 2.26. The summed E-state index contributed by atoms with van der Waals surface area (Å²) in [5.41, 5.74) is 6.77. The quantitative estimate of drug-likeness (QED) is 0.746. The van der Waals surface area contributed by atoms with Gasteiger partial charge in [-0.25, -0.2) is 13.4 Å². The van der Waals surface area contributed by atoms with E-state index in [0.29, 0.717) is 15.9 Å². The van der Waals surface area contributed by atoms with Gasteiger partial charge in [0.05, 0.1) is 5.69 Å². The lowest BCUT2D eigenvalue weighted by atomic mass is 10.3. The van der Waals surface area contributed by atoms with Crippen LogP contribution >= 0.6 is 31.9 Å². The zero-order valence-electron chi connectivity index (χ0n) is 10.4. The van der Waals surface area contributed by atoms with Gasteiger partial charge in [-0.05, 0) is 69.1 Å². The molecule has 0 bridgehead atoms. The number of anilines is 2. The number of hydrogen-bond acceptors (Lipinski definition) is 4. The van der Waals surface area contributed by atoms with Crippen molar-refractivity contribution < 1.29 is 8.42 Å². The summed E-state index contributed by atoms with van der Waals surface area (Å²) in [5, 5.41) is 0. The van der Waals surface area contributed by atoms with Crippen molar-refractivity contribution in [1.82, 2.24) is 4.98 Å². The Labute approximate surface area is 133 Å². The number of sulfonamides is 1. The minimum Gasteiger partial charge on any atom is -0.399 e. The van der Waals surface area contributed by atoms with Gasteiger partial charge in [-0.3, -0.25) is 4.72 Å². The van der Waals surface area contributed by atoms with Crippen LogP contribution in [0.1, 0.15) is 5.69 Å². The molecule has 5 nitrogen and oxygen atoms in total. The molecule has 106 valence electrons. The van der Waals surface area contributed by atoms with Crippen LogP contribution < -0.4 is 10.5 Å². The first-order valence-corrected chi connectivity index (χ1v) is 8.57. The average molecular weight is 421 g/mol. The molecule has 0 amide bonds. The van der Waals surface area contributed by atoms with Crippen LogP contribution in [0.5, 0.6) is 0 Å². The number of hydrogen-bond donors (Lipinski definition) is 2. The molecule has 0 atom stereocenters. The van der Waals surface area contributed by atoms with E-state index in [-0.39, 0.29) is 10.7 Å². The highest BCUT2D eigenvalue weighted by atomic mass is 79.9. The first-order chi connectivity index (χ1) is 9.29. The van der Waals surface area contributed by atoms with Crippen molar-refractivity contribution in [3.8, 4) is 0 Å². The lowest BCUT2D eigenvalue weighted by molar-refractivity contribution is 0.600. The van der Waals surface area contributed by atoms with Crippen molar-refractivity contribution in [3.05, 3.63) is 45.0 Å². The van der Waals surface area contributed by atoms with Crippen LogP contribution in [0.4, 0.5) is 11.5 Å². The number of nitrogens with two attached hydrogens (primary N) is 1. The fourth-order valence-corrected chi connectivity index (χ4v) is 3.85. The summed E-state index contributed by atoms with van der Waals surface area (Å²) >= 11 is 6.51. The molecule has 0 radical (unpaired) electrons. The van der Waals surface area contributed by atoms with Gasteiger partial charge in [0.15, 0.2) is 0 Å². The zero-order valence-corrected chi connectivity index (χ0v) is 14.4. The second kappa shape index (κ2) is 5.71. The van der Waals surface area contributed by atoms with E-state index < -0.39 is 10.0 Å². The zero-order chi connectivity index (χ0) is 14.9. The molecule has 0 saturated carbocycles. The maximum Gasteiger partial charge on any atom is 0.264 e. The van der Waals surface area contributed by atoms with Crippen molar-refractivity contribution in [1.29, 1.82) is 0 Å². The molecular weight excluding hydrogens is 410 g/mol. The number of aromatic nitrogens is 1. The Hall–Kier alpha value is -1.12. The Morgan fingerprint density at radius 1 is 1.15 bits per heavy atom. The predicted octanol–water partition coefficient (Wildman–Crippen LogP) is 3.30. The highest BCUT2D eigenvalue weighted by Gasteiger charge is 2.18. The SMILES string of the molecule is Cc1nc(NS(=O)(=O)c2ccc(N)cc2Br)ccc1Br. The third-order valence-corrected chi connectivity index (χ3v) is 5.68. The normalized spacial score (nSPS) is 11.3. The standard InChI is InChI=1S/C12H11Br2N3O2S/c1-7-9(13)3-5-12(16-7)17-20(18,19)11-4-2-8(15)6-10(11)14/h2-6H,15H2,1H3,(H,16,17). The molecule has 0 saturated heterocycles. The van der Waals surface area contributed by atoms with E-state index in [0.717, 1.165) is 4.47 Å². The molecular formula is C12H11Br2N3O2S. The molecule has 0 fully saturated rings. The van der Waals surface area contributed by atoms with Crippen LogP contribution in [0.15, 0.2) is 44.2 Å². The second-order valence-electron chi connectivity index (χ2n) is 4.06. The number of benzene rings is 1. The summed E-state index contributed by atoms with van der Waals surface area (Å²) in [5.74, 6) is 0.259. The van der Waals surface area contributed by atoms with E-state index in [1.54, 1.807) is 19.1 Å². The monoisotopic (exact) mass is 419 g/mol. The third kappa shape index (κ3) is 3.31. The predicted molar refractivity (Wildman–Crippen MR) is 86.0 cm³/mol. The van der Waals surface area contributed by atoms with Crippen molar-refractivity contribution in [3.63, 3.8) is 0 Å². The van der Waals surface area contributed by atoms with Crippen molar-refractivity contribution in [2.45, 2.75) is 11.8 Å². The summed E-state index contributed by atoms with van der Waals surface area (Å²) in [7, 11) is -3.72. The Kier molecular flexibility index (Phi) is 4.36. The van der Waals surface area contributed by atoms with Gasteiger partial charge in [-0.15, -0.1) is 0 Å². The fourth-order valence-electron chi connectivity index (χ4n) is 1.53. The minimum atomic E-state index is -3.72. The van der Waals surface area contributed by atoms with Crippen LogP contribution in [0.3, 0.4) is 0 Å². The summed E-state index contributed by atoms with van der Waals surface area (Å²) in [4.78, 5) is 4.26. The Balaban J connectivity index is 2.38. The molecule has 3 N–H and O–H groups in total. The van der Waals surface area contributed by atoms with Gasteiger partial charge in [0.2, 0.25) is 0 Å². The maximum atomic E-state index is 12.3. The second-order valence-corrected chi connectivity index (χ2v) is 7.42. The number of pyridine rings is 1. The van der Waals surface area contributed by atoms with Crippen LogP contribution in [0.25, 0.3) is 0 Å². The number of rotatable bonds is 3. The van der Waals surface area contributed by atoms with Gasteiger partial charge in [-0.2, -0.15) is 0 Å². The van der Waals surface area contributed by atoms with Crippen LogP contribution in [0, 0.1) is 6.92 Å². The smallest absolute Gasteiger partial charge is 0.264 e. The molecule has 0 aliphatic heterocycles. The van der Waals surface area contributed by atoms with Gasteiger partial charge in [0.1, 0.15) is 10.7 Å². The summed E-state index contributed by atoms with van der Waals surface area (Å²) in [6, 6.07) is 7.82. The largest absolute Gasteiger partial charge is 0.399 e. The number of nitrogens with one attached hydrogen (secondary N) is 1. The molecule has 2 rings (SSSR count). The van der Waals surface area contributed by atoms with Crippen LogP contribution in [-0.4, -0.2) is 13.4 Å². The molecule has 1 aromatic heterocycles. The van der Waals surface area contributed by atoms with Gasteiger partial charge < -0.3 is 5.73 Å². The number of aryl methyl sites for hydroxylation is 1. The fraction of sp³-hybridized carbons (Fsp3) is 0.0833.